The summed E-state index contributed by atoms with van der Waals surface area (Å²) in [4.78, 5) is 46.8. The first-order chi connectivity index (χ1) is 21.3. The highest BCUT2D eigenvalue weighted by molar-refractivity contribution is 6.17. The van der Waals surface area contributed by atoms with Gasteiger partial charge in [0.1, 0.15) is 11.4 Å². The largest absolute Gasteiger partial charge is 0.454 e. The van der Waals surface area contributed by atoms with Crippen LogP contribution < -0.4 is 19.8 Å². The van der Waals surface area contributed by atoms with Crippen LogP contribution in [-0.4, -0.2) is 23.5 Å². The molecule has 0 fully saturated rings. The highest BCUT2D eigenvalue weighted by Crippen LogP contribution is 2.53. The van der Waals surface area contributed by atoms with Gasteiger partial charge in [-0.05, 0) is 66.9 Å². The van der Waals surface area contributed by atoms with Gasteiger partial charge in [0.2, 0.25) is 12.6 Å². The molecule has 218 valence electrons. The Morgan fingerprint density at radius 2 is 1.59 bits per heavy atom. The Morgan fingerprint density at radius 1 is 0.841 bits per heavy atom. The molecule has 3 aliphatic heterocycles. The molecule has 8 nitrogen and oxygen atoms in total. The molecule has 0 saturated heterocycles. The molecule has 4 heterocycles. The second kappa shape index (κ2) is 9.28. The van der Waals surface area contributed by atoms with E-state index in [1.165, 1.54) is 15.9 Å². The number of amides is 2. The van der Waals surface area contributed by atoms with E-state index in [1.807, 2.05) is 13.8 Å². The van der Waals surface area contributed by atoms with Gasteiger partial charge in [-0.25, -0.2) is 4.39 Å². The van der Waals surface area contributed by atoms with Crippen LogP contribution in [0.15, 0.2) is 88.1 Å². The second-order valence-corrected chi connectivity index (χ2v) is 11.4. The van der Waals surface area contributed by atoms with Crippen molar-refractivity contribution in [2.45, 2.75) is 32.5 Å². The van der Waals surface area contributed by atoms with Crippen molar-refractivity contribution >= 4 is 28.5 Å². The van der Waals surface area contributed by atoms with E-state index in [1.54, 1.807) is 72.8 Å². The Morgan fingerprint density at radius 3 is 2.43 bits per heavy atom. The molecular formula is C35H25FN2O6. The summed E-state index contributed by atoms with van der Waals surface area (Å²) >= 11 is 0. The third-order valence-electron chi connectivity index (χ3n) is 8.92. The first-order valence-electron chi connectivity index (χ1n) is 14.2. The van der Waals surface area contributed by atoms with Crippen molar-refractivity contribution in [2.75, 3.05) is 11.7 Å². The number of hydrogen-bond acceptors (Lipinski definition) is 6. The fourth-order valence-electron chi connectivity index (χ4n) is 6.64. The molecule has 0 radical (unpaired) electrons. The molecule has 4 aromatic carbocycles. The SMILES string of the molecule is Cc1cc2oc3c(c(=O)c2cc1C)C1(C(=O)N(Cc2ccccc2F)c2ccccc21)N(Cc1ccc2c(c1)OCO2)C3=O. The predicted octanol–water partition coefficient (Wildman–Crippen LogP) is 5.72. The zero-order valence-electron chi connectivity index (χ0n) is 23.8. The zero-order chi connectivity index (χ0) is 30.3. The standard InChI is InChI=1S/C35H25FN2O6/c1-19-13-23-28(14-20(19)2)44-32-30(31(23)39)35(38(33(32)40)16-21-11-12-27-29(15-21)43-18-42-27)24-8-4-6-10-26(24)37(34(35)41)17-22-7-3-5-9-25(22)36/h3-15H,16-18H2,1-2H3. The number of carbonyl (C=O) groups is 2. The van der Waals surface area contributed by atoms with E-state index in [4.69, 9.17) is 13.9 Å². The van der Waals surface area contributed by atoms with Gasteiger partial charge in [0.05, 0.1) is 23.2 Å². The maximum absolute atomic E-state index is 15.0. The molecule has 2 amide bonds. The summed E-state index contributed by atoms with van der Waals surface area (Å²) in [6.45, 7) is 3.73. The van der Waals surface area contributed by atoms with E-state index in [0.29, 0.717) is 33.9 Å². The fourth-order valence-corrected chi connectivity index (χ4v) is 6.64. The average Bonchev–Trinajstić information content (AvgIpc) is 3.65. The summed E-state index contributed by atoms with van der Waals surface area (Å²) in [5.74, 6) is -0.675. The molecule has 44 heavy (non-hydrogen) atoms. The Labute approximate surface area is 250 Å². The summed E-state index contributed by atoms with van der Waals surface area (Å²) in [5.41, 5.74) is 1.60. The van der Waals surface area contributed by atoms with E-state index in [0.717, 1.165) is 11.1 Å². The predicted molar refractivity (Wildman–Crippen MR) is 159 cm³/mol. The summed E-state index contributed by atoms with van der Waals surface area (Å²) in [6, 6.07) is 22.0. The van der Waals surface area contributed by atoms with Gasteiger partial charge >= 0.3 is 0 Å². The molecule has 5 aromatic rings. The van der Waals surface area contributed by atoms with Crippen molar-refractivity contribution in [1.82, 2.24) is 4.90 Å². The lowest BCUT2D eigenvalue weighted by Crippen LogP contribution is -2.53. The van der Waals surface area contributed by atoms with Crippen LogP contribution in [0.25, 0.3) is 11.0 Å². The molecule has 9 heteroatoms. The van der Waals surface area contributed by atoms with Crippen molar-refractivity contribution in [3.63, 3.8) is 0 Å². The van der Waals surface area contributed by atoms with E-state index in [9.17, 15) is 18.8 Å². The number of carbonyl (C=O) groups excluding carboxylic acids is 2. The number of para-hydroxylation sites is 1. The van der Waals surface area contributed by atoms with E-state index < -0.39 is 28.6 Å². The van der Waals surface area contributed by atoms with Gasteiger partial charge in [0, 0.05) is 17.7 Å². The molecule has 1 atom stereocenters. The van der Waals surface area contributed by atoms with Gasteiger partial charge in [0.15, 0.2) is 22.5 Å². The van der Waals surface area contributed by atoms with Crippen LogP contribution in [0.1, 0.15) is 43.9 Å². The number of nitrogens with zero attached hydrogens (tertiary/aromatic N) is 2. The molecule has 3 aliphatic rings. The number of rotatable bonds is 4. The Balaban J connectivity index is 1.39. The van der Waals surface area contributed by atoms with Crippen LogP contribution >= 0.6 is 0 Å². The monoisotopic (exact) mass is 588 g/mol. The summed E-state index contributed by atoms with van der Waals surface area (Å²) in [6.07, 6.45) is 0. The van der Waals surface area contributed by atoms with Gasteiger partial charge in [-0.1, -0.05) is 42.5 Å². The van der Waals surface area contributed by atoms with Crippen LogP contribution in [0, 0.1) is 19.7 Å². The van der Waals surface area contributed by atoms with Crippen molar-refractivity contribution < 1.29 is 27.9 Å². The Kier molecular flexibility index (Phi) is 5.53. The first kappa shape index (κ1) is 26.2. The van der Waals surface area contributed by atoms with Crippen LogP contribution in [0.3, 0.4) is 0 Å². The van der Waals surface area contributed by atoms with Gasteiger partial charge in [-0.3, -0.25) is 14.4 Å². The summed E-state index contributed by atoms with van der Waals surface area (Å²) in [7, 11) is 0. The average molecular weight is 589 g/mol. The smallest absolute Gasteiger partial charge is 0.291 e. The Bertz CT molecular complexity index is 2140. The van der Waals surface area contributed by atoms with E-state index in [2.05, 4.69) is 0 Å². The van der Waals surface area contributed by atoms with Gasteiger partial charge < -0.3 is 23.7 Å². The molecule has 0 bridgehead atoms. The third kappa shape index (κ3) is 3.46. The van der Waals surface area contributed by atoms with E-state index >= 15 is 0 Å². The lowest BCUT2D eigenvalue weighted by atomic mass is 9.83. The van der Waals surface area contributed by atoms with Crippen LogP contribution in [0.5, 0.6) is 11.5 Å². The van der Waals surface area contributed by atoms with Gasteiger partial charge in [0.25, 0.3) is 11.8 Å². The lowest BCUT2D eigenvalue weighted by molar-refractivity contribution is -0.126. The quantitative estimate of drug-likeness (QED) is 0.267. The number of hydrogen-bond donors (Lipinski definition) is 0. The fraction of sp³-hybridized carbons (Fsp3) is 0.171. The maximum Gasteiger partial charge on any atom is 0.291 e. The number of anilines is 1. The maximum atomic E-state index is 15.0. The van der Waals surface area contributed by atoms with Crippen LogP contribution in [0.2, 0.25) is 0 Å². The minimum absolute atomic E-state index is 0.0347. The zero-order valence-corrected chi connectivity index (χ0v) is 23.8. The molecule has 1 aromatic heterocycles. The molecule has 1 unspecified atom stereocenters. The number of halogens is 1. The number of aryl methyl sites for hydroxylation is 2. The molecule has 1 spiro atoms. The normalized spacial score (nSPS) is 18.1. The highest BCUT2D eigenvalue weighted by Gasteiger charge is 2.65. The summed E-state index contributed by atoms with van der Waals surface area (Å²) in [5, 5.41) is 0.279. The van der Waals surface area contributed by atoms with Crippen molar-refractivity contribution in [2.24, 2.45) is 0 Å². The van der Waals surface area contributed by atoms with Crippen molar-refractivity contribution in [1.29, 1.82) is 0 Å². The molecule has 8 rings (SSSR count). The number of ether oxygens (including phenoxy) is 2. The lowest BCUT2D eigenvalue weighted by Gasteiger charge is -2.34. The van der Waals surface area contributed by atoms with Crippen molar-refractivity contribution in [3.05, 3.63) is 134 Å². The number of benzene rings is 4. The molecule has 0 saturated carbocycles. The minimum Gasteiger partial charge on any atom is -0.454 e. The van der Waals surface area contributed by atoms with Crippen molar-refractivity contribution in [3.8, 4) is 11.5 Å². The minimum atomic E-state index is -1.85. The summed E-state index contributed by atoms with van der Waals surface area (Å²) < 4.78 is 32.2. The topological polar surface area (TPSA) is 89.3 Å². The molecule has 0 N–H and O–H groups in total. The van der Waals surface area contributed by atoms with E-state index in [-0.39, 0.29) is 42.2 Å². The molecular weight excluding hydrogens is 563 g/mol. The third-order valence-corrected chi connectivity index (χ3v) is 8.92. The van der Waals surface area contributed by atoms with Crippen LogP contribution in [0.4, 0.5) is 10.1 Å². The Hall–Kier alpha value is -5.44. The van der Waals surface area contributed by atoms with Gasteiger partial charge in [-0.15, -0.1) is 0 Å². The number of fused-ring (bicyclic) bond motifs is 6. The molecule has 0 aliphatic carbocycles. The first-order valence-corrected chi connectivity index (χ1v) is 14.2. The second-order valence-electron chi connectivity index (χ2n) is 11.4. The van der Waals surface area contributed by atoms with Crippen LogP contribution in [-0.2, 0) is 23.4 Å². The van der Waals surface area contributed by atoms with Gasteiger partial charge in [-0.2, -0.15) is 0 Å². The highest BCUT2D eigenvalue weighted by atomic mass is 19.1.